The minimum atomic E-state index is -4.81. The number of aryl methyl sites for hydroxylation is 1. The number of rotatable bonds is 7. The van der Waals surface area contributed by atoms with Gasteiger partial charge in [0.2, 0.25) is 5.91 Å². The average Bonchev–Trinajstić information content (AvgIpc) is 3.13. The van der Waals surface area contributed by atoms with Gasteiger partial charge in [-0.05, 0) is 32.4 Å². The van der Waals surface area contributed by atoms with E-state index < -0.39 is 23.6 Å². The molecule has 2 heterocycles. The predicted octanol–water partition coefficient (Wildman–Crippen LogP) is 5.28. The number of halogens is 4. The molecule has 192 valence electrons. The van der Waals surface area contributed by atoms with Gasteiger partial charge in [0.25, 0.3) is 0 Å². The van der Waals surface area contributed by atoms with Crippen LogP contribution < -0.4 is 14.8 Å². The summed E-state index contributed by atoms with van der Waals surface area (Å²) in [6, 6.07) is 5.61. The molecule has 1 fully saturated rings. The second-order valence-electron chi connectivity index (χ2n) is 8.72. The zero-order chi connectivity index (χ0) is 26.2. The van der Waals surface area contributed by atoms with Crippen LogP contribution in [0, 0.1) is 12.7 Å². The van der Waals surface area contributed by atoms with Crippen LogP contribution >= 0.6 is 0 Å². The molecule has 0 saturated carbocycles. The number of hydrogen-bond acceptors (Lipinski definition) is 6. The molecular weight excluding hydrogens is 480 g/mol. The number of aromatic nitrogens is 2. The maximum absolute atomic E-state index is 14.7. The molecule has 1 amide bonds. The molecule has 1 aromatic heterocycles. The van der Waals surface area contributed by atoms with E-state index in [1.54, 1.807) is 37.9 Å². The third-order valence-electron chi connectivity index (χ3n) is 6.31. The average molecular weight is 507 g/mol. The maximum Gasteiger partial charge on any atom is 0.419 e. The van der Waals surface area contributed by atoms with Crippen molar-refractivity contribution in [2.45, 2.75) is 44.9 Å². The van der Waals surface area contributed by atoms with Crippen LogP contribution in [0.3, 0.4) is 0 Å². The fourth-order valence-corrected chi connectivity index (χ4v) is 4.27. The third kappa shape index (κ3) is 5.00. The van der Waals surface area contributed by atoms with Crippen LogP contribution in [-0.4, -0.2) is 47.6 Å². The van der Waals surface area contributed by atoms with Crippen molar-refractivity contribution in [3.05, 3.63) is 53.1 Å². The van der Waals surface area contributed by atoms with E-state index in [9.17, 15) is 22.4 Å². The number of carbonyl (C=O) groups is 1. The molecule has 36 heavy (non-hydrogen) atoms. The number of anilines is 1. The van der Waals surface area contributed by atoms with Gasteiger partial charge in [-0.1, -0.05) is 12.1 Å². The Morgan fingerprint density at radius 2 is 1.97 bits per heavy atom. The fourth-order valence-electron chi connectivity index (χ4n) is 4.27. The van der Waals surface area contributed by atoms with E-state index >= 15 is 0 Å². The molecular formula is C25H26F4N4O3. The molecule has 1 saturated heterocycles. The second kappa shape index (κ2) is 9.79. The van der Waals surface area contributed by atoms with Gasteiger partial charge in [-0.3, -0.25) is 4.79 Å². The van der Waals surface area contributed by atoms with Gasteiger partial charge >= 0.3 is 6.18 Å². The van der Waals surface area contributed by atoms with Crippen LogP contribution in [0.2, 0.25) is 0 Å². The SMILES string of the molecule is COc1cc2nc(C)nc(N[C@H](C)c3cccc(C(F)(F)F)c3F)c2cc1OC[C@@H]1CCC(=O)N1C. The minimum absolute atomic E-state index is 0.0558. The highest BCUT2D eigenvalue weighted by Gasteiger charge is 2.35. The van der Waals surface area contributed by atoms with Crippen molar-refractivity contribution in [3.63, 3.8) is 0 Å². The number of fused-ring (bicyclic) bond motifs is 1. The second-order valence-corrected chi connectivity index (χ2v) is 8.72. The summed E-state index contributed by atoms with van der Waals surface area (Å²) in [4.78, 5) is 22.3. The molecule has 1 aliphatic heterocycles. The van der Waals surface area contributed by atoms with E-state index in [1.165, 1.54) is 19.2 Å². The lowest BCUT2D eigenvalue weighted by Gasteiger charge is -2.22. The molecule has 1 aliphatic rings. The first kappa shape index (κ1) is 25.5. The molecule has 0 bridgehead atoms. The minimum Gasteiger partial charge on any atom is -0.493 e. The Labute approximate surface area is 205 Å². The van der Waals surface area contributed by atoms with E-state index in [0.29, 0.717) is 53.0 Å². The Bertz CT molecular complexity index is 1300. The number of likely N-dealkylation sites (tertiary alicyclic amines) is 1. The third-order valence-corrected chi connectivity index (χ3v) is 6.31. The summed E-state index contributed by atoms with van der Waals surface area (Å²) in [5.74, 6) is 0.258. The molecule has 2 atom stereocenters. The first-order valence-corrected chi connectivity index (χ1v) is 11.4. The summed E-state index contributed by atoms with van der Waals surface area (Å²) in [6.07, 6.45) is -3.66. The van der Waals surface area contributed by atoms with Crippen LogP contribution in [-0.2, 0) is 11.0 Å². The van der Waals surface area contributed by atoms with Crippen LogP contribution in [0.5, 0.6) is 11.5 Å². The maximum atomic E-state index is 14.7. The monoisotopic (exact) mass is 506 g/mol. The van der Waals surface area contributed by atoms with Crippen LogP contribution in [0.25, 0.3) is 10.9 Å². The van der Waals surface area contributed by atoms with Crippen molar-refractivity contribution < 1.29 is 31.8 Å². The molecule has 0 aliphatic carbocycles. The first-order valence-electron chi connectivity index (χ1n) is 11.4. The molecule has 3 aromatic rings. The summed E-state index contributed by atoms with van der Waals surface area (Å²) in [6.45, 7) is 3.48. The van der Waals surface area contributed by atoms with E-state index in [2.05, 4.69) is 15.3 Å². The molecule has 4 rings (SSSR count). The lowest BCUT2D eigenvalue weighted by atomic mass is 10.0. The smallest absolute Gasteiger partial charge is 0.419 e. The molecule has 7 nitrogen and oxygen atoms in total. The van der Waals surface area contributed by atoms with E-state index in [4.69, 9.17) is 9.47 Å². The van der Waals surface area contributed by atoms with Crippen LogP contribution in [0.1, 0.15) is 42.8 Å². The number of amides is 1. The van der Waals surface area contributed by atoms with E-state index in [1.807, 2.05) is 0 Å². The highest BCUT2D eigenvalue weighted by atomic mass is 19.4. The van der Waals surface area contributed by atoms with Crippen molar-refractivity contribution in [2.75, 3.05) is 26.1 Å². The number of likely N-dealkylation sites (N-methyl/N-ethyl adjacent to an activating group) is 1. The van der Waals surface area contributed by atoms with Crippen molar-refractivity contribution in [1.29, 1.82) is 0 Å². The molecule has 11 heteroatoms. The summed E-state index contributed by atoms with van der Waals surface area (Å²) in [5, 5.41) is 3.55. The number of alkyl halides is 3. The zero-order valence-electron chi connectivity index (χ0n) is 20.2. The molecule has 0 unspecified atom stereocenters. The summed E-state index contributed by atoms with van der Waals surface area (Å²) in [5.41, 5.74) is -0.958. The topological polar surface area (TPSA) is 76.6 Å². The number of nitrogens with zero attached hydrogens (tertiary/aromatic N) is 3. The molecule has 2 aromatic carbocycles. The summed E-state index contributed by atoms with van der Waals surface area (Å²) < 4.78 is 65.8. The Kier molecular flexibility index (Phi) is 6.92. The summed E-state index contributed by atoms with van der Waals surface area (Å²) in [7, 11) is 3.22. The number of nitrogens with one attached hydrogen (secondary N) is 1. The Hall–Kier alpha value is -3.63. The lowest BCUT2D eigenvalue weighted by Crippen LogP contribution is -2.33. The first-order chi connectivity index (χ1) is 17.0. The van der Waals surface area contributed by atoms with Gasteiger partial charge < -0.3 is 19.7 Å². The molecule has 1 N–H and O–H groups in total. The number of hydrogen-bond donors (Lipinski definition) is 1. The number of benzene rings is 2. The van der Waals surface area contributed by atoms with Gasteiger partial charge in [0.05, 0.1) is 30.3 Å². The van der Waals surface area contributed by atoms with Crippen molar-refractivity contribution in [3.8, 4) is 11.5 Å². The van der Waals surface area contributed by atoms with Gasteiger partial charge in [0.1, 0.15) is 24.1 Å². The number of ether oxygens (including phenoxy) is 2. The van der Waals surface area contributed by atoms with Crippen molar-refractivity contribution in [2.24, 2.45) is 0 Å². The van der Waals surface area contributed by atoms with Gasteiger partial charge in [-0.15, -0.1) is 0 Å². The Morgan fingerprint density at radius 3 is 2.61 bits per heavy atom. The molecule has 0 radical (unpaired) electrons. The van der Waals surface area contributed by atoms with Crippen molar-refractivity contribution >= 4 is 22.6 Å². The van der Waals surface area contributed by atoms with Crippen LogP contribution in [0.4, 0.5) is 23.4 Å². The molecule has 0 spiro atoms. The van der Waals surface area contributed by atoms with Gasteiger partial charge in [0, 0.05) is 30.5 Å². The quantitative estimate of drug-likeness (QED) is 0.440. The fraction of sp³-hybridized carbons (Fsp3) is 0.400. The van der Waals surface area contributed by atoms with Gasteiger partial charge in [-0.25, -0.2) is 14.4 Å². The number of methoxy groups -OCH3 is 1. The van der Waals surface area contributed by atoms with Gasteiger partial charge in [-0.2, -0.15) is 13.2 Å². The van der Waals surface area contributed by atoms with Crippen LogP contribution in [0.15, 0.2) is 30.3 Å². The van der Waals surface area contributed by atoms with E-state index in [-0.39, 0.29) is 24.1 Å². The number of carbonyl (C=O) groups excluding carboxylic acids is 1. The standard InChI is InChI=1S/C25H26F4N4O3/c1-13(16-6-5-7-18(23(16)26)25(27,28)29)30-24-17-10-21(36-12-15-8-9-22(34)33(15)3)20(35-4)11-19(17)31-14(2)32-24/h5-7,10-11,13,15H,8-9,12H2,1-4H3,(H,30,31,32)/t13-,15+/m1/s1. The Balaban J connectivity index is 1.67. The lowest BCUT2D eigenvalue weighted by molar-refractivity contribution is -0.140. The largest absolute Gasteiger partial charge is 0.493 e. The predicted molar refractivity (Wildman–Crippen MR) is 126 cm³/mol. The zero-order valence-corrected chi connectivity index (χ0v) is 20.2. The normalized spacial score (nSPS) is 16.9. The van der Waals surface area contributed by atoms with Crippen molar-refractivity contribution in [1.82, 2.24) is 14.9 Å². The summed E-state index contributed by atoms with van der Waals surface area (Å²) >= 11 is 0. The highest BCUT2D eigenvalue weighted by Crippen LogP contribution is 2.37. The van der Waals surface area contributed by atoms with Gasteiger partial charge in [0.15, 0.2) is 11.5 Å². The highest BCUT2D eigenvalue weighted by molar-refractivity contribution is 5.92. The van der Waals surface area contributed by atoms with E-state index in [0.717, 1.165) is 0 Å². The Morgan fingerprint density at radius 1 is 1.22 bits per heavy atom.